The van der Waals surface area contributed by atoms with E-state index in [1.807, 2.05) is 0 Å². The Morgan fingerprint density at radius 3 is 2.44 bits per heavy atom. The molecule has 8 heteroatoms. The number of hydrogen-bond donors (Lipinski definition) is 1. The van der Waals surface area contributed by atoms with E-state index in [-0.39, 0.29) is 22.5 Å². The summed E-state index contributed by atoms with van der Waals surface area (Å²) >= 11 is 0. The molecule has 0 fully saturated rings. The van der Waals surface area contributed by atoms with Crippen molar-refractivity contribution in [3.63, 3.8) is 0 Å². The highest BCUT2D eigenvalue weighted by Crippen LogP contribution is 2.25. The lowest BCUT2D eigenvalue weighted by Crippen LogP contribution is -2.15. The lowest BCUT2D eigenvalue weighted by molar-refractivity contribution is 0.0600. The molecule has 1 heterocycles. The van der Waals surface area contributed by atoms with Gasteiger partial charge in [0, 0.05) is 6.26 Å². The Morgan fingerprint density at radius 1 is 1.50 bits per heavy atom. The molecule has 7 nitrogen and oxygen atoms in total. The summed E-state index contributed by atoms with van der Waals surface area (Å²) in [5, 5.41) is 8.51. The molecule has 2 N–H and O–H groups in total. The van der Waals surface area contributed by atoms with Crippen LogP contribution in [-0.2, 0) is 14.6 Å². The van der Waals surface area contributed by atoms with Gasteiger partial charge in [-0.15, -0.1) is 0 Å². The molecule has 0 bridgehead atoms. The van der Waals surface area contributed by atoms with Crippen LogP contribution in [0, 0.1) is 18.3 Å². The zero-order valence-corrected chi connectivity index (χ0v) is 10.8. The molecule has 0 saturated carbocycles. The third-order valence-corrected chi connectivity index (χ3v) is 3.23. The largest absolute Gasteiger partial charge is 0.465 e. The number of ether oxygens (including phenoxy) is 1. The fraction of sp³-hybridized carbons (Fsp3) is 0.300. The van der Waals surface area contributed by atoms with Gasteiger partial charge in [0.1, 0.15) is 17.2 Å². The van der Waals surface area contributed by atoms with E-state index < -0.39 is 20.8 Å². The highest BCUT2D eigenvalue weighted by Gasteiger charge is 2.25. The number of aryl methyl sites for hydroxylation is 1. The summed E-state index contributed by atoms with van der Waals surface area (Å²) in [7, 11) is -2.55. The molecule has 1 aromatic rings. The number of esters is 1. The van der Waals surface area contributed by atoms with Crippen molar-refractivity contribution in [2.24, 2.45) is 0 Å². The topological polar surface area (TPSA) is 123 Å². The maximum Gasteiger partial charge on any atom is 0.341 e. The van der Waals surface area contributed by atoms with E-state index in [2.05, 4.69) is 9.72 Å². The molecule has 96 valence electrons. The Balaban J connectivity index is 3.78. The van der Waals surface area contributed by atoms with Crippen LogP contribution in [0.4, 0.5) is 5.69 Å². The van der Waals surface area contributed by atoms with Crippen LogP contribution in [-0.4, -0.2) is 32.7 Å². The number of nitrogens with two attached hydrogens (primary N) is 1. The van der Waals surface area contributed by atoms with Crippen LogP contribution in [0.15, 0.2) is 5.03 Å². The van der Waals surface area contributed by atoms with Crippen molar-refractivity contribution >= 4 is 21.5 Å². The van der Waals surface area contributed by atoms with Gasteiger partial charge in [-0.1, -0.05) is 0 Å². The van der Waals surface area contributed by atoms with Gasteiger partial charge >= 0.3 is 5.97 Å². The van der Waals surface area contributed by atoms with E-state index in [4.69, 9.17) is 11.0 Å². The molecule has 0 spiro atoms. The first-order valence-corrected chi connectivity index (χ1v) is 6.61. The van der Waals surface area contributed by atoms with Crippen LogP contribution >= 0.6 is 0 Å². The number of anilines is 1. The number of sulfone groups is 1. The van der Waals surface area contributed by atoms with E-state index in [9.17, 15) is 13.2 Å². The lowest BCUT2D eigenvalue weighted by Gasteiger charge is -2.11. The number of methoxy groups -OCH3 is 1. The third-order valence-electron chi connectivity index (χ3n) is 2.24. The standard InChI is InChI=1S/C10H11N3O4S/c1-5-7(10(14)17-2)8(12)6(4-11)9(13-5)18(3,15)16/h1-3H3,(H2,12,13). The number of rotatable bonds is 2. The monoisotopic (exact) mass is 269 g/mol. The molecular formula is C10H11N3O4S. The Hall–Kier alpha value is -2.14. The van der Waals surface area contributed by atoms with Gasteiger partial charge in [-0.3, -0.25) is 0 Å². The summed E-state index contributed by atoms with van der Waals surface area (Å²) in [4.78, 5) is 15.2. The molecule has 0 aliphatic rings. The van der Waals surface area contributed by atoms with Crippen LogP contribution in [0.1, 0.15) is 21.6 Å². The van der Waals surface area contributed by atoms with E-state index in [0.29, 0.717) is 0 Å². The van der Waals surface area contributed by atoms with Crippen LogP contribution in [0.5, 0.6) is 0 Å². The van der Waals surface area contributed by atoms with E-state index in [0.717, 1.165) is 13.4 Å². The molecule has 0 amide bonds. The maximum absolute atomic E-state index is 11.5. The molecule has 0 unspecified atom stereocenters. The van der Waals surface area contributed by atoms with Gasteiger partial charge in [0.05, 0.1) is 18.5 Å². The molecule has 0 radical (unpaired) electrons. The second kappa shape index (κ2) is 4.62. The van der Waals surface area contributed by atoms with Gasteiger partial charge in [-0.05, 0) is 6.92 Å². The van der Waals surface area contributed by atoms with Crippen molar-refractivity contribution in [1.82, 2.24) is 4.98 Å². The van der Waals surface area contributed by atoms with Gasteiger partial charge in [0.25, 0.3) is 0 Å². The number of aromatic nitrogens is 1. The van der Waals surface area contributed by atoms with Crippen LogP contribution in [0.2, 0.25) is 0 Å². The zero-order chi connectivity index (χ0) is 14.1. The first-order chi connectivity index (χ1) is 8.23. The lowest BCUT2D eigenvalue weighted by atomic mass is 10.1. The Bertz CT molecular complexity index is 659. The second-order valence-corrected chi connectivity index (χ2v) is 5.47. The summed E-state index contributed by atoms with van der Waals surface area (Å²) in [6.07, 6.45) is 0.910. The third kappa shape index (κ3) is 2.26. The van der Waals surface area contributed by atoms with Gasteiger partial charge in [0.2, 0.25) is 0 Å². The van der Waals surface area contributed by atoms with E-state index >= 15 is 0 Å². The molecule has 1 rings (SSSR count). The normalized spacial score (nSPS) is 10.8. The molecule has 0 aliphatic carbocycles. The molecule has 0 aliphatic heterocycles. The minimum absolute atomic E-state index is 0.0959. The number of nitriles is 1. The van der Waals surface area contributed by atoms with Gasteiger partial charge in [-0.25, -0.2) is 18.2 Å². The van der Waals surface area contributed by atoms with Crippen molar-refractivity contribution in [2.45, 2.75) is 11.9 Å². The molecule has 0 atom stereocenters. The number of nitrogen functional groups attached to an aromatic ring is 1. The Labute approximate surface area is 104 Å². The van der Waals surface area contributed by atoms with Crippen LogP contribution in [0.25, 0.3) is 0 Å². The first kappa shape index (κ1) is 13.9. The van der Waals surface area contributed by atoms with Crippen molar-refractivity contribution in [1.29, 1.82) is 5.26 Å². The summed E-state index contributed by atoms with van der Waals surface area (Å²) < 4.78 is 27.5. The van der Waals surface area contributed by atoms with Crippen LogP contribution < -0.4 is 5.73 Å². The SMILES string of the molecule is COC(=O)c1c(C)nc(S(C)(=O)=O)c(C#N)c1N. The quantitative estimate of drug-likeness (QED) is 0.751. The summed E-state index contributed by atoms with van der Waals surface area (Å²) in [5.74, 6) is -0.769. The average molecular weight is 269 g/mol. The van der Waals surface area contributed by atoms with Crippen molar-refractivity contribution in [3.05, 3.63) is 16.8 Å². The van der Waals surface area contributed by atoms with Gasteiger partial charge < -0.3 is 10.5 Å². The Kier molecular flexibility index (Phi) is 3.57. The highest BCUT2D eigenvalue weighted by atomic mass is 32.2. The van der Waals surface area contributed by atoms with Crippen molar-refractivity contribution in [2.75, 3.05) is 19.1 Å². The number of carbonyl (C=O) groups excluding carboxylic acids is 1. The number of hydrogen-bond acceptors (Lipinski definition) is 7. The molecule has 18 heavy (non-hydrogen) atoms. The maximum atomic E-state index is 11.5. The minimum atomic E-state index is -3.71. The predicted octanol–water partition coefficient (Wildman–Crippen LogP) is 0.0340. The average Bonchev–Trinajstić information content (AvgIpc) is 2.26. The van der Waals surface area contributed by atoms with E-state index in [1.165, 1.54) is 6.92 Å². The van der Waals surface area contributed by atoms with Crippen molar-refractivity contribution < 1.29 is 17.9 Å². The molecule has 1 aromatic heterocycles. The minimum Gasteiger partial charge on any atom is -0.465 e. The highest BCUT2D eigenvalue weighted by molar-refractivity contribution is 7.90. The Morgan fingerprint density at radius 2 is 2.06 bits per heavy atom. The molecule has 0 saturated heterocycles. The fourth-order valence-corrected chi connectivity index (χ4v) is 2.26. The molecule has 0 aromatic carbocycles. The number of nitrogens with zero attached hydrogens (tertiary/aromatic N) is 2. The van der Waals surface area contributed by atoms with Crippen LogP contribution in [0.3, 0.4) is 0 Å². The first-order valence-electron chi connectivity index (χ1n) is 4.72. The summed E-state index contributed by atoms with van der Waals surface area (Å²) in [6.45, 7) is 1.42. The fourth-order valence-electron chi connectivity index (χ4n) is 1.44. The summed E-state index contributed by atoms with van der Waals surface area (Å²) in [5.41, 5.74) is 5.06. The zero-order valence-electron chi connectivity index (χ0n) is 10.0. The second-order valence-electron chi connectivity index (χ2n) is 3.54. The number of pyridine rings is 1. The summed E-state index contributed by atoms with van der Waals surface area (Å²) in [6, 6.07) is 1.64. The number of carbonyl (C=O) groups is 1. The van der Waals surface area contributed by atoms with Gasteiger partial charge in [-0.2, -0.15) is 5.26 Å². The predicted molar refractivity (Wildman–Crippen MR) is 62.6 cm³/mol. The van der Waals surface area contributed by atoms with E-state index in [1.54, 1.807) is 6.07 Å². The van der Waals surface area contributed by atoms with Crippen molar-refractivity contribution in [3.8, 4) is 6.07 Å². The smallest absolute Gasteiger partial charge is 0.341 e. The van der Waals surface area contributed by atoms with Gasteiger partial charge in [0.15, 0.2) is 14.9 Å². The molecular weight excluding hydrogens is 258 g/mol.